The minimum atomic E-state index is -1.14. The van der Waals surface area contributed by atoms with Crippen LogP contribution in [-0.4, -0.2) is 54.9 Å². The molecule has 1 aromatic rings. The topological polar surface area (TPSA) is 67.9 Å². The number of ether oxygens (including phenoxy) is 2. The molecule has 1 fully saturated rings. The van der Waals surface area contributed by atoms with Crippen molar-refractivity contribution in [3.63, 3.8) is 0 Å². The van der Waals surface area contributed by atoms with Gasteiger partial charge < -0.3 is 19.7 Å². The summed E-state index contributed by atoms with van der Waals surface area (Å²) in [5, 5.41) is 2.91. The molecule has 1 aliphatic heterocycles. The monoisotopic (exact) mass is 366 g/mol. The molecule has 1 aromatic carbocycles. The third-order valence-corrected chi connectivity index (χ3v) is 3.93. The molecule has 26 heavy (non-hydrogen) atoms. The third-order valence-electron chi connectivity index (χ3n) is 3.93. The molecule has 1 heterocycles. The van der Waals surface area contributed by atoms with E-state index in [-0.39, 0.29) is 32.2 Å². The fraction of sp³-hybridized carbons (Fsp3) is 0.579. The van der Waals surface area contributed by atoms with Crippen LogP contribution in [0.3, 0.4) is 0 Å². The highest BCUT2D eigenvalue weighted by atomic mass is 19.1. The first kappa shape index (κ1) is 20.2. The van der Waals surface area contributed by atoms with E-state index in [1.54, 1.807) is 20.8 Å². The molecule has 2 atom stereocenters. The molecule has 2 rings (SSSR count). The lowest BCUT2D eigenvalue weighted by Crippen LogP contribution is -2.36. The molecular weight excluding hydrogens is 339 g/mol. The van der Waals surface area contributed by atoms with Gasteiger partial charge in [-0.25, -0.2) is 9.18 Å². The van der Waals surface area contributed by atoms with Crippen LogP contribution < -0.4 is 5.32 Å². The van der Waals surface area contributed by atoms with Crippen LogP contribution in [0.2, 0.25) is 0 Å². The summed E-state index contributed by atoms with van der Waals surface area (Å²) in [5.41, 5.74) is 0.301. The number of hydrogen-bond acceptors (Lipinski definition) is 5. The summed E-state index contributed by atoms with van der Waals surface area (Å²) >= 11 is 0. The molecule has 0 aromatic heterocycles. The van der Waals surface area contributed by atoms with E-state index in [0.29, 0.717) is 6.54 Å². The van der Waals surface area contributed by atoms with Crippen molar-refractivity contribution < 1.29 is 23.5 Å². The van der Waals surface area contributed by atoms with Crippen LogP contribution in [0.4, 0.5) is 9.18 Å². The van der Waals surface area contributed by atoms with E-state index in [1.165, 1.54) is 4.90 Å². The van der Waals surface area contributed by atoms with Gasteiger partial charge in [-0.05, 0) is 26.3 Å². The van der Waals surface area contributed by atoms with Gasteiger partial charge >= 0.3 is 12.1 Å². The molecule has 1 saturated heterocycles. The van der Waals surface area contributed by atoms with Crippen molar-refractivity contribution in [3.05, 3.63) is 35.9 Å². The molecule has 0 bridgehead atoms. The van der Waals surface area contributed by atoms with Crippen LogP contribution in [-0.2, 0) is 20.9 Å². The molecule has 0 saturated carbocycles. The van der Waals surface area contributed by atoms with Gasteiger partial charge in [-0.15, -0.1) is 0 Å². The normalized spacial score (nSPS) is 20.1. The van der Waals surface area contributed by atoms with Gasteiger partial charge in [0.15, 0.2) is 0 Å². The van der Waals surface area contributed by atoms with E-state index >= 15 is 0 Å². The predicted octanol–water partition coefficient (Wildman–Crippen LogP) is 2.52. The van der Waals surface area contributed by atoms with Gasteiger partial charge in [-0.2, -0.15) is 0 Å². The Labute approximate surface area is 153 Å². The number of esters is 1. The lowest BCUT2D eigenvalue weighted by molar-refractivity contribution is -0.143. The van der Waals surface area contributed by atoms with Crippen LogP contribution in [0.5, 0.6) is 0 Å². The molecule has 0 radical (unpaired) electrons. The standard InChI is InChI=1S/C19H27FN2O4/c1-19(2,3)26-18(24)22-11-15(16(20)12-22)9-21-10-17(23)25-13-14-7-5-4-6-8-14/h4-8,15-16,21H,9-13H2,1-3H3/t15-,16?/m0/s1. The number of carbonyl (C=O) groups excluding carboxylic acids is 2. The van der Waals surface area contributed by atoms with Crippen molar-refractivity contribution in [1.29, 1.82) is 0 Å². The molecule has 1 amide bonds. The predicted molar refractivity (Wildman–Crippen MR) is 95.3 cm³/mol. The third kappa shape index (κ3) is 6.63. The van der Waals surface area contributed by atoms with Crippen molar-refractivity contribution in [2.45, 2.75) is 39.2 Å². The highest BCUT2D eigenvalue weighted by molar-refractivity contribution is 5.71. The molecular formula is C19H27FN2O4. The van der Waals surface area contributed by atoms with Crippen LogP contribution >= 0.6 is 0 Å². The number of rotatable bonds is 6. The lowest BCUT2D eigenvalue weighted by Gasteiger charge is -2.24. The number of benzene rings is 1. The van der Waals surface area contributed by atoms with Crippen LogP contribution in [0.25, 0.3) is 0 Å². The summed E-state index contributed by atoms with van der Waals surface area (Å²) in [6.07, 6.45) is -1.65. The van der Waals surface area contributed by atoms with E-state index in [1.807, 2.05) is 30.3 Å². The van der Waals surface area contributed by atoms with Crippen molar-refractivity contribution in [3.8, 4) is 0 Å². The summed E-state index contributed by atoms with van der Waals surface area (Å²) in [7, 11) is 0. The quantitative estimate of drug-likeness (QED) is 0.784. The zero-order chi connectivity index (χ0) is 19.2. The van der Waals surface area contributed by atoms with E-state index in [9.17, 15) is 14.0 Å². The number of nitrogens with one attached hydrogen (secondary N) is 1. The average molecular weight is 366 g/mol. The van der Waals surface area contributed by atoms with Gasteiger partial charge in [0.25, 0.3) is 0 Å². The van der Waals surface area contributed by atoms with Crippen molar-refractivity contribution >= 4 is 12.1 Å². The first-order valence-corrected chi connectivity index (χ1v) is 8.77. The Bertz CT molecular complexity index is 603. The Balaban J connectivity index is 1.67. The Hall–Kier alpha value is -2.15. The highest BCUT2D eigenvalue weighted by Gasteiger charge is 2.37. The minimum Gasteiger partial charge on any atom is -0.460 e. The molecule has 1 unspecified atom stereocenters. The Morgan fingerprint density at radius 1 is 1.23 bits per heavy atom. The molecule has 0 spiro atoms. The summed E-state index contributed by atoms with van der Waals surface area (Å²) in [5.74, 6) is -0.768. The zero-order valence-corrected chi connectivity index (χ0v) is 15.5. The second-order valence-corrected chi connectivity index (χ2v) is 7.44. The molecule has 6 nitrogen and oxygen atoms in total. The summed E-state index contributed by atoms with van der Waals surface area (Å²) in [6, 6.07) is 9.39. The maximum absolute atomic E-state index is 14.1. The van der Waals surface area contributed by atoms with Gasteiger partial charge in [0, 0.05) is 19.0 Å². The van der Waals surface area contributed by atoms with Gasteiger partial charge in [0.05, 0.1) is 13.1 Å². The van der Waals surface area contributed by atoms with E-state index < -0.39 is 23.8 Å². The van der Waals surface area contributed by atoms with Crippen LogP contribution in [0.1, 0.15) is 26.3 Å². The first-order chi connectivity index (χ1) is 12.2. The number of carbonyl (C=O) groups is 2. The van der Waals surface area contributed by atoms with Crippen LogP contribution in [0.15, 0.2) is 30.3 Å². The number of hydrogen-bond donors (Lipinski definition) is 1. The van der Waals surface area contributed by atoms with E-state index in [0.717, 1.165) is 5.56 Å². The fourth-order valence-electron chi connectivity index (χ4n) is 2.65. The minimum absolute atomic E-state index is 0.00247. The fourth-order valence-corrected chi connectivity index (χ4v) is 2.65. The zero-order valence-electron chi connectivity index (χ0n) is 15.5. The Morgan fingerprint density at radius 3 is 2.58 bits per heavy atom. The molecule has 144 valence electrons. The van der Waals surface area contributed by atoms with Crippen molar-refractivity contribution in [1.82, 2.24) is 10.2 Å². The largest absolute Gasteiger partial charge is 0.460 e. The Morgan fingerprint density at radius 2 is 1.92 bits per heavy atom. The second kappa shape index (κ2) is 8.98. The van der Waals surface area contributed by atoms with E-state index in [4.69, 9.17) is 9.47 Å². The number of halogens is 1. The molecule has 0 aliphatic carbocycles. The maximum Gasteiger partial charge on any atom is 0.410 e. The van der Waals surface area contributed by atoms with Gasteiger partial charge in [-0.3, -0.25) is 4.79 Å². The Kier molecular flexibility index (Phi) is 6.97. The lowest BCUT2D eigenvalue weighted by atomic mass is 10.1. The van der Waals surface area contributed by atoms with Gasteiger partial charge in [-0.1, -0.05) is 30.3 Å². The number of nitrogens with zero attached hydrogens (tertiary/aromatic N) is 1. The average Bonchev–Trinajstić information content (AvgIpc) is 2.94. The summed E-state index contributed by atoms with van der Waals surface area (Å²) in [4.78, 5) is 25.1. The smallest absolute Gasteiger partial charge is 0.410 e. The first-order valence-electron chi connectivity index (χ1n) is 8.77. The molecule has 1 N–H and O–H groups in total. The van der Waals surface area contributed by atoms with Gasteiger partial charge in [0.1, 0.15) is 18.4 Å². The maximum atomic E-state index is 14.1. The van der Waals surface area contributed by atoms with Crippen molar-refractivity contribution in [2.75, 3.05) is 26.2 Å². The van der Waals surface area contributed by atoms with E-state index in [2.05, 4.69) is 5.32 Å². The number of likely N-dealkylation sites (tertiary alicyclic amines) is 1. The van der Waals surface area contributed by atoms with Crippen LogP contribution in [0, 0.1) is 5.92 Å². The number of amides is 1. The second-order valence-electron chi connectivity index (χ2n) is 7.44. The SMILES string of the molecule is CC(C)(C)OC(=O)N1CC(F)[C@@H](CNCC(=O)OCc2ccccc2)C1. The van der Waals surface area contributed by atoms with Gasteiger partial charge in [0.2, 0.25) is 0 Å². The molecule has 7 heteroatoms. The number of alkyl halides is 1. The summed E-state index contributed by atoms with van der Waals surface area (Å²) < 4.78 is 24.5. The van der Waals surface area contributed by atoms with Crippen molar-refractivity contribution in [2.24, 2.45) is 5.92 Å². The molecule has 1 aliphatic rings. The summed E-state index contributed by atoms with van der Waals surface area (Å²) in [6.45, 7) is 6.10. The highest BCUT2D eigenvalue weighted by Crippen LogP contribution is 2.22.